The summed E-state index contributed by atoms with van der Waals surface area (Å²) in [6.45, 7) is 10.9. The highest BCUT2D eigenvalue weighted by molar-refractivity contribution is 7.10. The van der Waals surface area contributed by atoms with E-state index in [1.807, 2.05) is 18.0 Å². The molecule has 4 rings (SSSR count). The molecular weight excluding hydrogens is 414 g/mol. The van der Waals surface area contributed by atoms with Crippen molar-refractivity contribution < 1.29 is 0 Å². The summed E-state index contributed by atoms with van der Waals surface area (Å²) in [5.41, 5.74) is 11.6. The number of nitrogens with zero attached hydrogens (tertiary/aromatic N) is 4. The Bertz CT molecular complexity index is 1230. The molecule has 0 saturated carbocycles. The van der Waals surface area contributed by atoms with Gasteiger partial charge in [0.1, 0.15) is 11.6 Å². The summed E-state index contributed by atoms with van der Waals surface area (Å²) in [6.07, 6.45) is 3.35. The molecule has 3 heterocycles. The molecule has 0 unspecified atom stereocenters. The highest BCUT2D eigenvalue weighted by Crippen LogP contribution is 2.50. The molecule has 0 amide bonds. The molecule has 2 N–H and O–H groups in total. The van der Waals surface area contributed by atoms with Crippen LogP contribution < -0.4 is 5.73 Å². The first-order valence-electron chi connectivity index (χ1n) is 10.6. The second-order valence-corrected chi connectivity index (χ2v) is 9.61. The van der Waals surface area contributed by atoms with Crippen LogP contribution in [0, 0.1) is 11.3 Å². The number of pyridine rings is 1. The Hall–Kier alpha value is -3.43. The van der Waals surface area contributed by atoms with E-state index >= 15 is 0 Å². The number of nitriles is 1. The Balaban J connectivity index is 1.81. The van der Waals surface area contributed by atoms with Gasteiger partial charge in [0.05, 0.1) is 11.5 Å². The summed E-state index contributed by atoms with van der Waals surface area (Å²) < 4.78 is 0. The minimum atomic E-state index is -0.601. The average Bonchev–Trinajstić information content (AvgIpc) is 3.29. The van der Waals surface area contributed by atoms with Crippen molar-refractivity contribution in [3.8, 4) is 17.2 Å². The predicted molar refractivity (Wildman–Crippen MR) is 131 cm³/mol. The number of guanidine groups is 1. The van der Waals surface area contributed by atoms with Gasteiger partial charge in [0, 0.05) is 35.6 Å². The third-order valence-electron chi connectivity index (χ3n) is 6.25. The van der Waals surface area contributed by atoms with Gasteiger partial charge in [0.25, 0.3) is 0 Å². The van der Waals surface area contributed by atoms with Crippen molar-refractivity contribution in [1.29, 1.82) is 5.26 Å². The number of aliphatic imine (C=N–C) groups is 1. The van der Waals surface area contributed by atoms with E-state index in [4.69, 9.17) is 10.7 Å². The maximum atomic E-state index is 9.22. The van der Waals surface area contributed by atoms with Crippen LogP contribution in [0.2, 0.25) is 0 Å². The Labute approximate surface area is 193 Å². The molecule has 5 nitrogen and oxygen atoms in total. The molecular formula is C26H27N5S. The molecule has 1 aromatic carbocycles. The normalized spacial score (nSPS) is 20.9. The first-order valence-corrected chi connectivity index (χ1v) is 11.4. The molecule has 1 aliphatic rings. The molecule has 2 atom stereocenters. The monoisotopic (exact) mass is 441 g/mol. The Kier molecular flexibility index (Phi) is 5.62. The zero-order valence-corrected chi connectivity index (χ0v) is 19.6. The first-order chi connectivity index (χ1) is 15.2. The maximum absolute atomic E-state index is 9.22. The van der Waals surface area contributed by atoms with Gasteiger partial charge in [-0.2, -0.15) is 5.26 Å². The first kappa shape index (κ1) is 21.8. The quantitative estimate of drug-likeness (QED) is 0.573. The molecule has 0 saturated heterocycles. The van der Waals surface area contributed by atoms with Crippen LogP contribution in [0.25, 0.3) is 11.1 Å². The van der Waals surface area contributed by atoms with Crippen LogP contribution in [-0.4, -0.2) is 22.9 Å². The number of hydrogen-bond donors (Lipinski definition) is 1. The summed E-state index contributed by atoms with van der Waals surface area (Å²) in [5.74, 6) is 0.866. The van der Waals surface area contributed by atoms with Crippen molar-refractivity contribution in [2.45, 2.75) is 38.1 Å². The van der Waals surface area contributed by atoms with Gasteiger partial charge in [-0.25, -0.2) is 4.99 Å². The lowest BCUT2D eigenvalue weighted by Gasteiger charge is -2.43. The fourth-order valence-corrected chi connectivity index (χ4v) is 5.30. The number of nitrogens with two attached hydrogens (primary N) is 1. The van der Waals surface area contributed by atoms with Gasteiger partial charge in [0.15, 0.2) is 5.96 Å². The van der Waals surface area contributed by atoms with Crippen LogP contribution in [0.3, 0.4) is 0 Å². The van der Waals surface area contributed by atoms with E-state index in [2.05, 4.69) is 74.1 Å². The Morgan fingerprint density at radius 3 is 2.56 bits per heavy atom. The molecule has 3 aromatic rings. The molecule has 162 valence electrons. The summed E-state index contributed by atoms with van der Waals surface area (Å²) in [6, 6.07) is 14.9. The number of thiophene rings is 1. The predicted octanol–water partition coefficient (Wildman–Crippen LogP) is 5.58. The van der Waals surface area contributed by atoms with Crippen molar-refractivity contribution in [3.05, 3.63) is 88.0 Å². The molecule has 0 bridgehead atoms. The molecule has 6 heteroatoms. The lowest BCUT2D eigenvalue weighted by Crippen LogP contribution is -2.46. The van der Waals surface area contributed by atoms with E-state index in [9.17, 15) is 5.26 Å². The SMILES string of the molecule is C=C1[C@H](c2ccc(C(C)C)cc2)[C@@](C)(c2cc(-c3cncc(C#N)c3)cs2)N=C(N)N1C. The molecule has 0 aliphatic carbocycles. The molecule has 2 aromatic heterocycles. The standard InChI is InChI=1S/C26H27N5S/c1-16(2)19-6-8-20(9-7-19)24-17(3)31(5)25(28)30-26(24,4)23-11-22(15-32-23)21-10-18(12-27)13-29-14-21/h6-11,13-16,24H,3H2,1-2,4-5H3,(H2,28,30)/t24-,26-/m1/s1. The van der Waals surface area contributed by atoms with Gasteiger partial charge in [-0.15, -0.1) is 11.3 Å². The molecule has 0 spiro atoms. The van der Waals surface area contributed by atoms with E-state index in [1.165, 1.54) is 5.56 Å². The van der Waals surface area contributed by atoms with Crippen LogP contribution in [-0.2, 0) is 5.54 Å². The third kappa shape index (κ3) is 3.69. The summed E-state index contributed by atoms with van der Waals surface area (Å²) in [4.78, 5) is 12.1. The highest BCUT2D eigenvalue weighted by atomic mass is 32.1. The Morgan fingerprint density at radius 1 is 1.19 bits per heavy atom. The second kappa shape index (κ2) is 8.25. The fraction of sp³-hybridized carbons (Fsp3) is 0.269. The van der Waals surface area contributed by atoms with Gasteiger partial charge in [-0.1, -0.05) is 44.7 Å². The number of hydrogen-bond acceptors (Lipinski definition) is 6. The third-order valence-corrected chi connectivity index (χ3v) is 7.41. The zero-order chi connectivity index (χ0) is 23.0. The average molecular weight is 442 g/mol. The molecule has 1 aliphatic heterocycles. The highest BCUT2D eigenvalue weighted by Gasteiger charge is 2.44. The van der Waals surface area contributed by atoms with E-state index in [0.717, 1.165) is 27.3 Å². The largest absolute Gasteiger partial charge is 0.370 e. The van der Waals surface area contributed by atoms with Crippen molar-refractivity contribution in [2.75, 3.05) is 7.05 Å². The van der Waals surface area contributed by atoms with Crippen LogP contribution >= 0.6 is 11.3 Å². The van der Waals surface area contributed by atoms with Gasteiger partial charge < -0.3 is 10.6 Å². The lowest BCUT2D eigenvalue weighted by atomic mass is 9.76. The van der Waals surface area contributed by atoms with Crippen molar-refractivity contribution in [1.82, 2.24) is 9.88 Å². The van der Waals surface area contributed by atoms with Crippen molar-refractivity contribution in [2.24, 2.45) is 10.7 Å². The maximum Gasteiger partial charge on any atom is 0.196 e. The number of rotatable bonds is 4. The van der Waals surface area contributed by atoms with E-state index < -0.39 is 5.54 Å². The van der Waals surface area contributed by atoms with Crippen LogP contribution in [0.4, 0.5) is 0 Å². The summed E-state index contributed by atoms with van der Waals surface area (Å²) in [7, 11) is 1.91. The van der Waals surface area contributed by atoms with Crippen LogP contribution in [0.5, 0.6) is 0 Å². The van der Waals surface area contributed by atoms with Gasteiger partial charge in [-0.05, 0) is 47.0 Å². The smallest absolute Gasteiger partial charge is 0.196 e. The van der Waals surface area contributed by atoms with Gasteiger partial charge >= 0.3 is 0 Å². The van der Waals surface area contributed by atoms with Gasteiger partial charge in [-0.3, -0.25) is 4.98 Å². The fourth-order valence-electron chi connectivity index (χ4n) is 4.24. The number of likely N-dealkylation sites (N-methyl/N-ethyl adjacent to an activating group) is 1. The van der Waals surface area contributed by atoms with Gasteiger partial charge in [0.2, 0.25) is 0 Å². The number of aromatic nitrogens is 1. The van der Waals surface area contributed by atoms with E-state index in [-0.39, 0.29) is 5.92 Å². The molecule has 0 radical (unpaired) electrons. The number of benzene rings is 1. The second-order valence-electron chi connectivity index (χ2n) is 8.70. The van der Waals surface area contributed by atoms with E-state index in [0.29, 0.717) is 17.4 Å². The summed E-state index contributed by atoms with van der Waals surface area (Å²) in [5, 5.41) is 11.3. The summed E-state index contributed by atoms with van der Waals surface area (Å²) >= 11 is 1.64. The minimum Gasteiger partial charge on any atom is -0.370 e. The Morgan fingerprint density at radius 2 is 1.91 bits per heavy atom. The van der Waals surface area contributed by atoms with Crippen molar-refractivity contribution >= 4 is 17.3 Å². The van der Waals surface area contributed by atoms with Crippen LogP contribution in [0.1, 0.15) is 54.2 Å². The van der Waals surface area contributed by atoms with E-state index in [1.54, 1.807) is 23.7 Å². The lowest BCUT2D eigenvalue weighted by molar-refractivity contribution is 0.355. The molecule has 0 fully saturated rings. The topological polar surface area (TPSA) is 78.3 Å². The zero-order valence-electron chi connectivity index (χ0n) is 18.8. The minimum absolute atomic E-state index is 0.0592. The van der Waals surface area contributed by atoms with Crippen LogP contribution in [0.15, 0.2) is 71.4 Å². The molecule has 32 heavy (non-hydrogen) atoms. The van der Waals surface area contributed by atoms with Crippen molar-refractivity contribution in [3.63, 3.8) is 0 Å².